The van der Waals surface area contributed by atoms with Crippen molar-refractivity contribution >= 4 is 19.8 Å². The zero-order valence-corrected chi connectivity index (χ0v) is 68.8. The van der Waals surface area contributed by atoms with Gasteiger partial charge in [0.05, 0.1) is 27.7 Å². The molecule has 2 unspecified atom stereocenters. The van der Waals surface area contributed by atoms with Gasteiger partial charge in [0, 0.05) is 12.8 Å². The molecule has 594 valence electrons. The average molecular weight is 1460 g/mol. The largest absolute Gasteiger partial charge is 0.472 e. The van der Waals surface area contributed by atoms with Crippen molar-refractivity contribution in [3.8, 4) is 0 Å². The van der Waals surface area contributed by atoms with E-state index >= 15 is 0 Å². The van der Waals surface area contributed by atoms with Crippen molar-refractivity contribution in [1.29, 1.82) is 0 Å². The van der Waals surface area contributed by atoms with Gasteiger partial charge in [-0.3, -0.25) is 18.6 Å². The third-order valence-corrected chi connectivity index (χ3v) is 19.2. The zero-order chi connectivity index (χ0) is 75.4. The van der Waals surface area contributed by atoms with Crippen LogP contribution in [0.5, 0.6) is 0 Å². The summed E-state index contributed by atoms with van der Waals surface area (Å²) in [5, 5.41) is 0. The number of unbranched alkanes of at least 4 members (excludes halogenated alkanes) is 36. The van der Waals surface area contributed by atoms with Gasteiger partial charge in [0.15, 0.2) is 6.10 Å². The number of quaternary nitrogens is 1. The van der Waals surface area contributed by atoms with Gasteiger partial charge in [-0.15, -0.1) is 0 Å². The van der Waals surface area contributed by atoms with Crippen molar-refractivity contribution < 1.29 is 42.1 Å². The Labute approximate surface area is 642 Å². The molecular formula is C94H161NO8P+. The van der Waals surface area contributed by atoms with Gasteiger partial charge in [0.2, 0.25) is 0 Å². The second-order valence-corrected chi connectivity index (χ2v) is 30.9. The SMILES string of the molecule is CC/C=C\C/C=C\C/C=C\C/C=C\C/C=C\C/C=C\C/C=C\CCCCCCCCCCCCCCCCCCCCCC(=O)OC(COC(=O)CCCCCCCCCCCCCCCCCCC/C=C\C/C=C\C/C=C\C/C=C\C/C=C\C/C=C\C/C=C\CC)COP(=O)(O)OCC[N+](C)(C)C. The minimum Gasteiger partial charge on any atom is -0.462 e. The summed E-state index contributed by atoms with van der Waals surface area (Å²) < 4.78 is 34.9. The minimum atomic E-state index is -4.40. The maximum Gasteiger partial charge on any atom is 0.472 e. The molecule has 0 saturated heterocycles. The van der Waals surface area contributed by atoms with E-state index in [2.05, 4.69) is 184 Å². The van der Waals surface area contributed by atoms with Crippen LogP contribution in [0.3, 0.4) is 0 Å². The van der Waals surface area contributed by atoms with Gasteiger partial charge in [-0.25, -0.2) is 4.57 Å². The molecule has 0 radical (unpaired) electrons. The van der Waals surface area contributed by atoms with E-state index in [0.29, 0.717) is 17.4 Å². The Balaban J connectivity index is 3.95. The molecule has 0 aliphatic rings. The molecule has 0 bridgehead atoms. The fraction of sp³-hybridized carbons (Fsp3) is 0.681. The van der Waals surface area contributed by atoms with Crippen molar-refractivity contribution in [1.82, 2.24) is 0 Å². The molecule has 0 aliphatic heterocycles. The fourth-order valence-electron chi connectivity index (χ4n) is 11.8. The molecule has 0 spiro atoms. The highest BCUT2D eigenvalue weighted by Crippen LogP contribution is 2.43. The number of likely N-dealkylation sites (N-methyl/N-ethyl adjacent to an activating group) is 1. The van der Waals surface area contributed by atoms with Gasteiger partial charge < -0.3 is 18.9 Å². The quantitative estimate of drug-likeness (QED) is 0.0211. The van der Waals surface area contributed by atoms with Crippen LogP contribution in [0.2, 0.25) is 0 Å². The van der Waals surface area contributed by atoms with E-state index in [1.807, 2.05) is 21.1 Å². The van der Waals surface area contributed by atoms with Gasteiger partial charge in [-0.1, -0.05) is 389 Å². The Hall–Kier alpha value is -4.63. The first-order valence-corrected chi connectivity index (χ1v) is 44.4. The molecule has 0 amide bonds. The lowest BCUT2D eigenvalue weighted by molar-refractivity contribution is -0.870. The van der Waals surface area contributed by atoms with Gasteiger partial charge in [0.25, 0.3) is 0 Å². The first kappa shape index (κ1) is 99.4. The molecule has 0 saturated carbocycles. The van der Waals surface area contributed by atoms with Crippen LogP contribution in [0.25, 0.3) is 0 Å². The summed E-state index contributed by atoms with van der Waals surface area (Å²) in [5.74, 6) is -0.788. The number of carbonyl (C=O) groups is 2. The molecule has 0 aliphatic carbocycles. The van der Waals surface area contributed by atoms with Crippen molar-refractivity contribution in [3.63, 3.8) is 0 Å². The zero-order valence-electron chi connectivity index (χ0n) is 68.0. The number of rotatable bonds is 78. The number of phosphoric acid groups is 1. The van der Waals surface area contributed by atoms with Crippen molar-refractivity contribution in [2.75, 3.05) is 47.5 Å². The maximum absolute atomic E-state index is 12.9. The lowest BCUT2D eigenvalue weighted by atomic mass is 10.0. The summed E-state index contributed by atoms with van der Waals surface area (Å²) in [6, 6.07) is 0. The molecule has 0 heterocycles. The highest BCUT2D eigenvalue weighted by Gasteiger charge is 2.27. The standard InChI is InChI=1S/C94H160NO8P/c1-6-8-10-12-14-16-18-20-22-24-26-28-30-32-34-36-38-40-42-44-46-47-49-51-53-55-57-59-61-63-65-67-69-71-73-75-77-79-81-83-85-87-94(97)103-92(91-102-104(98,99)101-89-88-95(3,4)5)90-100-93(96)86-84-82-80-78-76-74-72-70-68-66-64-62-60-58-56-54-52-50-48-45-43-41-39-37-35-33-31-29-27-25-23-21-19-17-15-13-11-9-7-2/h8-11,14-17,20-23,26-29,32-35,38-41,44-46,48,92H,6-7,12-13,18-19,24-25,30-31,36-37,42-43,47,49-91H2,1-5H3/p+1/b10-8-,11-9-,16-14-,17-15-,22-20-,23-21-,28-26-,29-27-,34-32-,35-33-,40-38-,41-39-,46-44-,48-45-. The van der Waals surface area contributed by atoms with E-state index in [1.165, 1.54) is 205 Å². The predicted octanol–water partition coefficient (Wildman–Crippen LogP) is 29.2. The number of ether oxygens (including phenoxy) is 2. The van der Waals surface area contributed by atoms with Crippen LogP contribution in [0.1, 0.15) is 361 Å². The number of esters is 2. The Kier molecular flexibility index (Phi) is 78.8. The van der Waals surface area contributed by atoms with Gasteiger partial charge in [0.1, 0.15) is 19.8 Å². The molecule has 1 N–H and O–H groups in total. The summed E-state index contributed by atoms with van der Waals surface area (Å²) in [6.07, 6.45) is 125. The third-order valence-electron chi connectivity index (χ3n) is 18.2. The van der Waals surface area contributed by atoms with Gasteiger partial charge in [-0.05, 0) is 128 Å². The van der Waals surface area contributed by atoms with E-state index in [4.69, 9.17) is 18.5 Å². The second kappa shape index (κ2) is 82.4. The van der Waals surface area contributed by atoms with Crippen LogP contribution in [-0.4, -0.2) is 74.9 Å². The summed E-state index contributed by atoms with van der Waals surface area (Å²) in [4.78, 5) is 36.1. The first-order valence-electron chi connectivity index (χ1n) is 42.9. The number of hydrogen-bond acceptors (Lipinski definition) is 7. The van der Waals surface area contributed by atoms with Crippen LogP contribution >= 0.6 is 7.82 Å². The molecule has 0 aromatic rings. The summed E-state index contributed by atoms with van der Waals surface area (Å²) in [7, 11) is 1.48. The monoisotopic (exact) mass is 1460 g/mol. The molecule has 9 nitrogen and oxygen atoms in total. The molecule has 0 aromatic heterocycles. The molecule has 2 atom stereocenters. The van der Waals surface area contributed by atoms with Crippen LogP contribution in [-0.2, 0) is 32.7 Å². The van der Waals surface area contributed by atoms with E-state index < -0.39 is 26.5 Å². The summed E-state index contributed by atoms with van der Waals surface area (Å²) in [6.45, 7) is 4.23. The highest BCUT2D eigenvalue weighted by molar-refractivity contribution is 7.47. The topological polar surface area (TPSA) is 108 Å². The number of nitrogens with zero attached hydrogens (tertiary/aromatic N) is 1. The van der Waals surface area contributed by atoms with Gasteiger partial charge >= 0.3 is 19.8 Å². The minimum absolute atomic E-state index is 0.0281. The third kappa shape index (κ3) is 86.3. The first-order chi connectivity index (χ1) is 51.0. The average Bonchev–Trinajstić information content (AvgIpc) is 0.920. The number of hydrogen-bond donors (Lipinski definition) is 1. The summed E-state index contributed by atoms with van der Waals surface area (Å²) >= 11 is 0. The van der Waals surface area contributed by atoms with Crippen LogP contribution in [0, 0.1) is 0 Å². The van der Waals surface area contributed by atoms with E-state index in [1.54, 1.807) is 0 Å². The van der Waals surface area contributed by atoms with E-state index in [0.717, 1.165) is 122 Å². The van der Waals surface area contributed by atoms with Crippen molar-refractivity contribution in [2.24, 2.45) is 0 Å². The number of phosphoric ester groups is 1. The smallest absolute Gasteiger partial charge is 0.462 e. The highest BCUT2D eigenvalue weighted by atomic mass is 31.2. The summed E-state index contributed by atoms with van der Waals surface area (Å²) in [5.41, 5.74) is 0. The van der Waals surface area contributed by atoms with Crippen molar-refractivity contribution in [2.45, 2.75) is 367 Å². The molecule has 0 fully saturated rings. The normalized spacial score (nSPS) is 13.9. The Morgan fingerprint density at radius 2 is 0.519 bits per heavy atom. The second-order valence-electron chi connectivity index (χ2n) is 29.5. The molecule has 10 heteroatoms. The van der Waals surface area contributed by atoms with Gasteiger partial charge in [-0.2, -0.15) is 0 Å². The molecule has 0 aromatic carbocycles. The van der Waals surface area contributed by atoms with Crippen LogP contribution < -0.4 is 0 Å². The van der Waals surface area contributed by atoms with E-state index in [-0.39, 0.29) is 32.0 Å². The van der Waals surface area contributed by atoms with E-state index in [9.17, 15) is 19.0 Å². The Morgan fingerprint density at radius 1 is 0.298 bits per heavy atom. The Bertz CT molecular complexity index is 2370. The van der Waals surface area contributed by atoms with Crippen molar-refractivity contribution in [3.05, 3.63) is 170 Å². The predicted molar refractivity (Wildman–Crippen MR) is 454 cm³/mol. The number of carbonyl (C=O) groups excluding carboxylic acids is 2. The maximum atomic E-state index is 12.9. The molecule has 104 heavy (non-hydrogen) atoms. The molecule has 0 rings (SSSR count). The lowest BCUT2D eigenvalue weighted by Crippen LogP contribution is -2.37. The van der Waals surface area contributed by atoms with Crippen LogP contribution in [0.15, 0.2) is 170 Å². The van der Waals surface area contributed by atoms with Crippen LogP contribution in [0.4, 0.5) is 0 Å². The molecular weight excluding hydrogens is 1300 g/mol. The fourth-order valence-corrected chi connectivity index (χ4v) is 12.5. The lowest BCUT2D eigenvalue weighted by Gasteiger charge is -2.24. The Morgan fingerprint density at radius 3 is 0.769 bits per heavy atom. The number of allylic oxidation sites excluding steroid dienone is 28.